The Bertz CT molecular complexity index is 419. The molecule has 0 bridgehead atoms. The molecule has 0 spiro atoms. The van der Waals surface area contributed by atoms with Crippen LogP contribution in [0.25, 0.3) is 0 Å². The quantitative estimate of drug-likeness (QED) is 0.871. The van der Waals surface area contributed by atoms with Gasteiger partial charge in [-0.2, -0.15) is 0 Å². The SMILES string of the molecule is CCN1CCCCC1Cc1nc(CCC(=O)O)cs1. The second kappa shape index (κ2) is 7.01. The monoisotopic (exact) mass is 282 g/mol. The van der Waals surface area contributed by atoms with E-state index in [0.717, 1.165) is 23.7 Å². The molecule has 1 unspecified atom stereocenters. The number of aryl methyl sites for hydroxylation is 1. The van der Waals surface area contributed by atoms with Crippen LogP contribution in [-0.4, -0.2) is 40.1 Å². The number of thiazole rings is 1. The Morgan fingerprint density at radius 1 is 1.58 bits per heavy atom. The maximum absolute atomic E-state index is 10.5. The molecule has 1 aliphatic rings. The third kappa shape index (κ3) is 4.28. The van der Waals surface area contributed by atoms with Gasteiger partial charge in [0.15, 0.2) is 0 Å². The van der Waals surface area contributed by atoms with Crippen LogP contribution in [-0.2, 0) is 17.6 Å². The van der Waals surface area contributed by atoms with Gasteiger partial charge in [0.05, 0.1) is 17.1 Å². The number of carboxylic acid groups (broad SMARTS) is 1. The second-order valence-corrected chi connectivity index (χ2v) is 6.05. The number of hydrogen-bond donors (Lipinski definition) is 1. The Morgan fingerprint density at radius 2 is 2.42 bits per heavy atom. The molecular formula is C14H22N2O2S. The third-order valence-electron chi connectivity index (χ3n) is 3.76. The van der Waals surface area contributed by atoms with E-state index in [9.17, 15) is 4.79 Å². The number of likely N-dealkylation sites (N-methyl/N-ethyl adjacent to an activating group) is 1. The summed E-state index contributed by atoms with van der Waals surface area (Å²) in [5, 5.41) is 11.8. The first-order valence-corrected chi connectivity index (χ1v) is 7.96. The van der Waals surface area contributed by atoms with Gasteiger partial charge in [-0.1, -0.05) is 13.3 Å². The predicted molar refractivity (Wildman–Crippen MR) is 76.7 cm³/mol. The van der Waals surface area contributed by atoms with E-state index in [1.807, 2.05) is 5.38 Å². The molecule has 1 saturated heterocycles. The minimum atomic E-state index is -0.751. The standard InChI is InChI=1S/C14H22N2O2S/c1-2-16-8-4-3-5-12(16)9-13-15-11(10-19-13)6-7-14(17)18/h10,12H,2-9H2,1H3,(H,17,18). The lowest BCUT2D eigenvalue weighted by Crippen LogP contribution is -2.40. The summed E-state index contributed by atoms with van der Waals surface area (Å²) < 4.78 is 0. The summed E-state index contributed by atoms with van der Waals surface area (Å²) in [5.41, 5.74) is 0.932. The van der Waals surface area contributed by atoms with Gasteiger partial charge in [0.1, 0.15) is 0 Å². The maximum Gasteiger partial charge on any atom is 0.303 e. The molecule has 2 rings (SSSR count). The molecule has 0 saturated carbocycles. The van der Waals surface area contributed by atoms with E-state index >= 15 is 0 Å². The largest absolute Gasteiger partial charge is 0.481 e. The molecule has 0 aromatic carbocycles. The smallest absolute Gasteiger partial charge is 0.303 e. The summed E-state index contributed by atoms with van der Waals surface area (Å²) in [6.45, 7) is 4.54. The van der Waals surface area contributed by atoms with Gasteiger partial charge in [-0.3, -0.25) is 4.79 Å². The van der Waals surface area contributed by atoms with Gasteiger partial charge in [0.25, 0.3) is 0 Å². The highest BCUT2D eigenvalue weighted by Gasteiger charge is 2.22. The minimum absolute atomic E-state index is 0.174. The van der Waals surface area contributed by atoms with Crippen molar-refractivity contribution in [1.82, 2.24) is 9.88 Å². The van der Waals surface area contributed by atoms with Crippen LogP contribution < -0.4 is 0 Å². The molecule has 1 fully saturated rings. The number of aliphatic carboxylic acids is 1. The molecule has 4 nitrogen and oxygen atoms in total. The first kappa shape index (κ1) is 14.5. The Balaban J connectivity index is 1.89. The minimum Gasteiger partial charge on any atom is -0.481 e. The molecule has 0 amide bonds. The lowest BCUT2D eigenvalue weighted by molar-refractivity contribution is -0.136. The highest BCUT2D eigenvalue weighted by Crippen LogP contribution is 2.22. The van der Waals surface area contributed by atoms with Crippen LogP contribution in [0.2, 0.25) is 0 Å². The lowest BCUT2D eigenvalue weighted by Gasteiger charge is -2.34. The topological polar surface area (TPSA) is 53.4 Å². The van der Waals surface area contributed by atoms with Gasteiger partial charge in [-0.15, -0.1) is 11.3 Å². The van der Waals surface area contributed by atoms with Crippen molar-refractivity contribution >= 4 is 17.3 Å². The fourth-order valence-corrected chi connectivity index (χ4v) is 3.60. The summed E-state index contributed by atoms with van der Waals surface area (Å²) in [7, 11) is 0. The van der Waals surface area contributed by atoms with Crippen LogP contribution >= 0.6 is 11.3 Å². The molecule has 19 heavy (non-hydrogen) atoms. The summed E-state index contributed by atoms with van der Waals surface area (Å²) in [4.78, 5) is 17.7. The van der Waals surface area contributed by atoms with E-state index in [0.29, 0.717) is 12.5 Å². The lowest BCUT2D eigenvalue weighted by atomic mass is 10.00. The van der Waals surface area contributed by atoms with Crippen LogP contribution in [0.5, 0.6) is 0 Å². The number of aromatic nitrogens is 1. The Hall–Kier alpha value is -0.940. The Kier molecular flexibility index (Phi) is 5.34. The molecule has 5 heteroatoms. The van der Waals surface area contributed by atoms with Crippen molar-refractivity contribution in [2.75, 3.05) is 13.1 Å². The highest BCUT2D eigenvalue weighted by atomic mass is 32.1. The van der Waals surface area contributed by atoms with Crippen molar-refractivity contribution < 1.29 is 9.90 Å². The summed E-state index contributed by atoms with van der Waals surface area (Å²) in [5.74, 6) is -0.751. The van der Waals surface area contributed by atoms with E-state index < -0.39 is 5.97 Å². The molecule has 0 radical (unpaired) electrons. The number of carbonyl (C=O) groups is 1. The van der Waals surface area contributed by atoms with Crippen LogP contribution in [0.3, 0.4) is 0 Å². The van der Waals surface area contributed by atoms with Gasteiger partial charge >= 0.3 is 5.97 Å². The first-order chi connectivity index (χ1) is 9.19. The molecule has 1 aromatic heterocycles. The summed E-state index contributed by atoms with van der Waals surface area (Å²) in [6.07, 6.45) is 5.63. The van der Waals surface area contributed by atoms with E-state index in [4.69, 9.17) is 5.11 Å². The van der Waals surface area contributed by atoms with Crippen molar-refractivity contribution in [1.29, 1.82) is 0 Å². The number of carboxylic acids is 1. The molecule has 106 valence electrons. The van der Waals surface area contributed by atoms with Crippen LogP contribution in [0.15, 0.2) is 5.38 Å². The van der Waals surface area contributed by atoms with E-state index in [1.165, 1.54) is 25.8 Å². The van der Waals surface area contributed by atoms with Gasteiger partial charge < -0.3 is 10.0 Å². The first-order valence-electron chi connectivity index (χ1n) is 7.08. The van der Waals surface area contributed by atoms with Crippen molar-refractivity contribution in [3.05, 3.63) is 16.1 Å². The van der Waals surface area contributed by atoms with E-state index in [1.54, 1.807) is 11.3 Å². The summed E-state index contributed by atoms with van der Waals surface area (Å²) in [6, 6.07) is 0.622. The number of nitrogens with zero attached hydrogens (tertiary/aromatic N) is 2. The number of rotatable bonds is 6. The zero-order chi connectivity index (χ0) is 13.7. The van der Waals surface area contributed by atoms with Crippen molar-refractivity contribution in [3.8, 4) is 0 Å². The van der Waals surface area contributed by atoms with Gasteiger partial charge in [-0.25, -0.2) is 4.98 Å². The van der Waals surface area contributed by atoms with Crippen LogP contribution in [0.1, 0.15) is 43.3 Å². The van der Waals surface area contributed by atoms with Gasteiger partial charge in [0, 0.05) is 24.3 Å². The average molecular weight is 282 g/mol. The zero-order valence-corrected chi connectivity index (χ0v) is 12.3. The molecule has 1 N–H and O–H groups in total. The van der Waals surface area contributed by atoms with E-state index in [2.05, 4.69) is 16.8 Å². The predicted octanol–water partition coefficient (Wildman–Crippen LogP) is 2.58. The number of hydrogen-bond acceptors (Lipinski definition) is 4. The molecule has 1 aliphatic heterocycles. The van der Waals surface area contributed by atoms with E-state index in [-0.39, 0.29) is 6.42 Å². The molecular weight excluding hydrogens is 260 g/mol. The number of likely N-dealkylation sites (tertiary alicyclic amines) is 1. The third-order valence-corrected chi connectivity index (χ3v) is 4.68. The van der Waals surface area contributed by atoms with Gasteiger partial charge in [0.2, 0.25) is 0 Å². The molecule has 1 aromatic rings. The average Bonchev–Trinajstić information content (AvgIpc) is 2.85. The summed E-state index contributed by atoms with van der Waals surface area (Å²) >= 11 is 1.68. The molecule has 2 heterocycles. The number of piperidine rings is 1. The normalized spacial score (nSPS) is 20.6. The Morgan fingerprint density at radius 3 is 3.16 bits per heavy atom. The molecule has 0 aliphatic carbocycles. The van der Waals surface area contributed by atoms with Crippen molar-refractivity contribution in [2.24, 2.45) is 0 Å². The van der Waals surface area contributed by atoms with Crippen molar-refractivity contribution in [2.45, 2.75) is 51.5 Å². The highest BCUT2D eigenvalue weighted by molar-refractivity contribution is 7.09. The Labute approximate surface area is 118 Å². The zero-order valence-electron chi connectivity index (χ0n) is 11.5. The van der Waals surface area contributed by atoms with Gasteiger partial charge in [-0.05, 0) is 25.9 Å². The fourth-order valence-electron chi connectivity index (χ4n) is 2.70. The van der Waals surface area contributed by atoms with Crippen LogP contribution in [0.4, 0.5) is 0 Å². The van der Waals surface area contributed by atoms with Crippen LogP contribution in [0, 0.1) is 0 Å². The van der Waals surface area contributed by atoms with Crippen molar-refractivity contribution in [3.63, 3.8) is 0 Å². The fraction of sp³-hybridized carbons (Fsp3) is 0.714. The molecule has 1 atom stereocenters. The second-order valence-electron chi connectivity index (χ2n) is 5.11. The maximum atomic E-state index is 10.5.